The third-order valence-electron chi connectivity index (χ3n) is 3.16. The molecule has 0 saturated carbocycles. The zero-order valence-corrected chi connectivity index (χ0v) is 8.48. The van der Waals surface area contributed by atoms with Gasteiger partial charge in [-0.25, -0.2) is 0 Å². The minimum absolute atomic E-state index is 0.511. The standard InChI is InChI=1S/C8H12ClN3/c1-5-6(2)8(4,11-12-10)7(5,3)9/h1-4H3. The number of hydrogen-bond acceptors (Lipinski definition) is 1. The van der Waals surface area contributed by atoms with Gasteiger partial charge in [-0.3, -0.25) is 0 Å². The van der Waals surface area contributed by atoms with E-state index >= 15 is 0 Å². The lowest BCUT2D eigenvalue weighted by Crippen LogP contribution is -2.54. The first kappa shape index (κ1) is 9.43. The van der Waals surface area contributed by atoms with E-state index in [1.165, 1.54) is 0 Å². The molecule has 0 aromatic rings. The van der Waals surface area contributed by atoms with Crippen LogP contribution in [0.25, 0.3) is 10.4 Å². The molecule has 1 aliphatic carbocycles. The van der Waals surface area contributed by atoms with E-state index in [4.69, 9.17) is 17.1 Å². The summed E-state index contributed by atoms with van der Waals surface area (Å²) in [6.07, 6.45) is 0. The van der Waals surface area contributed by atoms with Gasteiger partial charge in [0.25, 0.3) is 0 Å². The number of rotatable bonds is 1. The first-order valence-electron chi connectivity index (χ1n) is 3.81. The minimum Gasteiger partial charge on any atom is -0.114 e. The van der Waals surface area contributed by atoms with Crippen molar-refractivity contribution in [2.24, 2.45) is 5.11 Å². The summed E-state index contributed by atoms with van der Waals surface area (Å²) in [4.78, 5) is 2.31. The average Bonchev–Trinajstić information content (AvgIpc) is 2.02. The topological polar surface area (TPSA) is 48.8 Å². The summed E-state index contributed by atoms with van der Waals surface area (Å²) in [6.45, 7) is 7.67. The lowest BCUT2D eigenvalue weighted by atomic mass is 9.64. The highest BCUT2D eigenvalue weighted by Crippen LogP contribution is 2.53. The van der Waals surface area contributed by atoms with Crippen LogP contribution < -0.4 is 0 Å². The summed E-state index contributed by atoms with van der Waals surface area (Å²) in [7, 11) is 0. The molecule has 0 spiro atoms. The third kappa shape index (κ3) is 0.809. The van der Waals surface area contributed by atoms with E-state index in [-0.39, 0.29) is 0 Å². The molecule has 3 nitrogen and oxygen atoms in total. The smallest absolute Gasteiger partial charge is 0.0896 e. The van der Waals surface area contributed by atoms with E-state index in [1.807, 2.05) is 27.7 Å². The molecule has 2 atom stereocenters. The normalized spacial score (nSPS) is 40.4. The minimum atomic E-state index is -0.548. The van der Waals surface area contributed by atoms with Crippen molar-refractivity contribution in [3.63, 3.8) is 0 Å². The van der Waals surface area contributed by atoms with Crippen molar-refractivity contribution in [2.75, 3.05) is 0 Å². The van der Waals surface area contributed by atoms with Crippen LogP contribution in [0, 0.1) is 0 Å². The summed E-state index contributed by atoms with van der Waals surface area (Å²) in [5.41, 5.74) is 10.0. The summed E-state index contributed by atoms with van der Waals surface area (Å²) in [5.74, 6) is 0. The van der Waals surface area contributed by atoms with Crippen molar-refractivity contribution >= 4 is 11.6 Å². The van der Waals surface area contributed by atoms with Crippen molar-refractivity contribution in [3.8, 4) is 0 Å². The van der Waals surface area contributed by atoms with Crippen molar-refractivity contribution in [1.29, 1.82) is 0 Å². The van der Waals surface area contributed by atoms with Gasteiger partial charge in [0.05, 0.1) is 10.4 Å². The number of hydrogen-bond donors (Lipinski definition) is 0. The maximum absolute atomic E-state index is 8.38. The number of nitrogens with zero attached hydrogens (tertiary/aromatic N) is 3. The summed E-state index contributed by atoms with van der Waals surface area (Å²) in [5, 5.41) is 3.74. The van der Waals surface area contributed by atoms with E-state index in [1.54, 1.807) is 0 Å². The molecule has 0 aromatic heterocycles. The molecule has 66 valence electrons. The lowest BCUT2D eigenvalue weighted by molar-refractivity contribution is 0.379. The first-order valence-corrected chi connectivity index (χ1v) is 4.19. The average molecular weight is 186 g/mol. The van der Waals surface area contributed by atoms with Gasteiger partial charge in [0.1, 0.15) is 0 Å². The molecule has 4 heteroatoms. The van der Waals surface area contributed by atoms with Gasteiger partial charge >= 0.3 is 0 Å². The Balaban J connectivity index is 3.22. The van der Waals surface area contributed by atoms with Crippen molar-refractivity contribution in [3.05, 3.63) is 21.6 Å². The van der Waals surface area contributed by atoms with Crippen molar-refractivity contribution in [1.82, 2.24) is 0 Å². The fraction of sp³-hybridized carbons (Fsp3) is 0.750. The molecule has 0 aromatic carbocycles. The molecule has 0 bridgehead atoms. The van der Waals surface area contributed by atoms with Crippen LogP contribution >= 0.6 is 11.6 Å². The van der Waals surface area contributed by atoms with Crippen LogP contribution in [0.1, 0.15) is 27.7 Å². The van der Waals surface area contributed by atoms with Crippen LogP contribution in [0.15, 0.2) is 16.3 Å². The zero-order valence-electron chi connectivity index (χ0n) is 7.72. The maximum atomic E-state index is 8.38. The molecule has 1 rings (SSSR count). The van der Waals surface area contributed by atoms with E-state index < -0.39 is 10.4 Å². The zero-order chi connectivity index (χ0) is 9.57. The van der Waals surface area contributed by atoms with Gasteiger partial charge in [-0.1, -0.05) is 16.3 Å². The Labute approximate surface area is 77.0 Å². The highest BCUT2D eigenvalue weighted by Gasteiger charge is 2.54. The van der Waals surface area contributed by atoms with Crippen LogP contribution in [0.4, 0.5) is 0 Å². The molecule has 12 heavy (non-hydrogen) atoms. The second kappa shape index (κ2) is 2.41. The Morgan fingerprint density at radius 2 is 1.83 bits per heavy atom. The Bertz CT molecular complexity index is 299. The predicted octanol–water partition coefficient (Wildman–Crippen LogP) is 3.40. The number of azide groups is 1. The predicted molar refractivity (Wildman–Crippen MR) is 50.2 cm³/mol. The van der Waals surface area contributed by atoms with E-state index in [0.29, 0.717) is 0 Å². The number of halogens is 1. The molecule has 0 saturated heterocycles. The monoisotopic (exact) mass is 185 g/mol. The van der Waals surface area contributed by atoms with Crippen LogP contribution in [0.3, 0.4) is 0 Å². The van der Waals surface area contributed by atoms with E-state index in [9.17, 15) is 0 Å². The summed E-state index contributed by atoms with van der Waals surface area (Å²) in [6, 6.07) is 0. The molecular formula is C8H12ClN3. The molecule has 2 unspecified atom stereocenters. The molecule has 0 heterocycles. The molecule has 1 aliphatic rings. The molecule has 0 amide bonds. The SMILES string of the molecule is CC1=C(C)C(C)(N=[N+]=[N-])C1(C)Cl. The fourth-order valence-corrected chi connectivity index (χ4v) is 1.95. The Hall–Kier alpha value is -0.660. The van der Waals surface area contributed by atoms with Gasteiger partial charge < -0.3 is 0 Å². The third-order valence-corrected chi connectivity index (χ3v) is 3.81. The van der Waals surface area contributed by atoms with E-state index in [2.05, 4.69) is 10.0 Å². The fourth-order valence-electron chi connectivity index (χ4n) is 1.63. The molecule has 0 N–H and O–H groups in total. The number of alkyl halides is 1. The maximum Gasteiger partial charge on any atom is 0.0896 e. The van der Waals surface area contributed by atoms with Gasteiger partial charge in [-0.15, -0.1) is 11.6 Å². The molecule has 0 radical (unpaired) electrons. The lowest BCUT2D eigenvalue weighted by Gasteiger charge is -2.50. The van der Waals surface area contributed by atoms with Gasteiger partial charge in [-0.2, -0.15) is 0 Å². The highest BCUT2D eigenvalue weighted by atomic mass is 35.5. The van der Waals surface area contributed by atoms with E-state index in [0.717, 1.165) is 11.1 Å². The Morgan fingerprint density at radius 3 is 2.17 bits per heavy atom. The summed E-state index contributed by atoms with van der Waals surface area (Å²) >= 11 is 6.21. The van der Waals surface area contributed by atoms with Crippen molar-refractivity contribution in [2.45, 2.75) is 38.1 Å². The summed E-state index contributed by atoms with van der Waals surface area (Å²) < 4.78 is 0. The quantitative estimate of drug-likeness (QED) is 0.198. The van der Waals surface area contributed by atoms with Gasteiger partial charge in [0, 0.05) is 4.91 Å². The molecular weight excluding hydrogens is 174 g/mol. The second-order valence-electron chi connectivity index (χ2n) is 3.51. The van der Waals surface area contributed by atoms with Gasteiger partial charge in [-0.05, 0) is 33.2 Å². The van der Waals surface area contributed by atoms with Crippen molar-refractivity contribution < 1.29 is 0 Å². The van der Waals surface area contributed by atoms with Crippen LogP contribution in [-0.4, -0.2) is 10.4 Å². The Kier molecular flexibility index (Phi) is 1.89. The van der Waals surface area contributed by atoms with Gasteiger partial charge in [0.15, 0.2) is 0 Å². The second-order valence-corrected chi connectivity index (χ2v) is 4.27. The Morgan fingerprint density at radius 1 is 1.33 bits per heavy atom. The van der Waals surface area contributed by atoms with Gasteiger partial charge in [0.2, 0.25) is 0 Å². The van der Waals surface area contributed by atoms with Crippen LogP contribution in [-0.2, 0) is 0 Å². The highest BCUT2D eigenvalue weighted by molar-refractivity contribution is 6.28. The molecule has 0 fully saturated rings. The van der Waals surface area contributed by atoms with Crippen LogP contribution in [0.5, 0.6) is 0 Å². The molecule has 0 aliphatic heterocycles. The largest absolute Gasteiger partial charge is 0.114 e. The van der Waals surface area contributed by atoms with Crippen LogP contribution in [0.2, 0.25) is 0 Å². The first-order chi connectivity index (χ1) is 5.38.